The van der Waals surface area contributed by atoms with E-state index >= 15 is 0 Å². The average Bonchev–Trinajstić information content (AvgIpc) is 3.09. The lowest BCUT2D eigenvalue weighted by atomic mass is 9.93. The normalized spacial score (nSPS) is 16.2. The Hall–Kier alpha value is -3.49. The van der Waals surface area contributed by atoms with Gasteiger partial charge < -0.3 is 14.6 Å². The van der Waals surface area contributed by atoms with Crippen molar-refractivity contribution in [3.05, 3.63) is 70.3 Å². The summed E-state index contributed by atoms with van der Waals surface area (Å²) in [6.45, 7) is 0.0845. The zero-order valence-electron chi connectivity index (χ0n) is 17.4. The van der Waals surface area contributed by atoms with Gasteiger partial charge in [0, 0.05) is 17.7 Å². The lowest BCUT2D eigenvalue weighted by molar-refractivity contribution is -0.132. The van der Waals surface area contributed by atoms with Crippen molar-refractivity contribution < 1.29 is 29.0 Å². The highest BCUT2D eigenvalue weighted by molar-refractivity contribution is 6.30. The summed E-state index contributed by atoms with van der Waals surface area (Å²) >= 11 is 5.92. The third-order valence-corrected chi connectivity index (χ3v) is 5.12. The minimum absolute atomic E-state index is 0.0240. The smallest absolute Gasteiger partial charge is 0.337 e. The maximum absolute atomic E-state index is 13.1. The fourth-order valence-electron chi connectivity index (χ4n) is 3.25. The molecule has 166 valence electrons. The van der Waals surface area contributed by atoms with Gasteiger partial charge in [-0.15, -0.1) is 0 Å². The summed E-state index contributed by atoms with van der Waals surface area (Å²) in [5, 5.41) is 15.9. The van der Waals surface area contributed by atoms with Gasteiger partial charge in [-0.2, -0.15) is 5.10 Å². The number of amides is 1. The second kappa shape index (κ2) is 10.2. The van der Waals surface area contributed by atoms with Crippen LogP contribution in [0, 0.1) is 5.92 Å². The monoisotopic (exact) mass is 456 g/mol. The number of methoxy groups -OCH3 is 2. The molecule has 1 aliphatic rings. The van der Waals surface area contributed by atoms with Gasteiger partial charge in [0.1, 0.15) is 0 Å². The molecule has 8 nitrogen and oxygen atoms in total. The Morgan fingerprint density at radius 3 is 2.34 bits per heavy atom. The van der Waals surface area contributed by atoms with Crippen LogP contribution in [0.2, 0.25) is 5.02 Å². The van der Waals surface area contributed by atoms with Crippen LogP contribution in [0.25, 0.3) is 6.08 Å². The maximum Gasteiger partial charge on any atom is 0.337 e. The number of esters is 1. The van der Waals surface area contributed by atoms with Crippen LogP contribution in [0.15, 0.2) is 59.2 Å². The summed E-state index contributed by atoms with van der Waals surface area (Å²) in [6, 6.07) is 12.9. The van der Waals surface area contributed by atoms with Gasteiger partial charge in [-0.1, -0.05) is 23.7 Å². The molecule has 3 rings (SSSR count). The first-order valence-corrected chi connectivity index (χ1v) is 10.00. The fourth-order valence-corrected chi connectivity index (χ4v) is 3.38. The van der Waals surface area contributed by atoms with Crippen LogP contribution in [0.5, 0.6) is 0 Å². The number of carbonyl (C=O) groups excluding carboxylic acids is 2. The average molecular weight is 457 g/mol. The van der Waals surface area contributed by atoms with E-state index in [9.17, 15) is 19.5 Å². The lowest BCUT2D eigenvalue weighted by Crippen LogP contribution is -2.29. The molecule has 0 aliphatic carbocycles. The standard InChI is InChI=1S/C23H21ClN2O6/c1-31-13-20-19(21(27)26(25-20)18-9-7-17(24)8-10-18)12-16(22(28)29)11-14-3-5-15(6-4-14)23(30)32-2/h3-11,19H,12-13H2,1-2H3,(H,28,29). The van der Waals surface area contributed by atoms with E-state index in [2.05, 4.69) is 9.84 Å². The van der Waals surface area contributed by atoms with Gasteiger partial charge in [-0.25, -0.2) is 14.6 Å². The number of nitrogens with zero attached hydrogens (tertiary/aromatic N) is 2. The second-order valence-electron chi connectivity index (χ2n) is 7.00. The molecule has 0 saturated heterocycles. The van der Waals surface area contributed by atoms with Crippen molar-refractivity contribution in [3.8, 4) is 0 Å². The fraction of sp³-hybridized carbons (Fsp3) is 0.217. The third-order valence-electron chi connectivity index (χ3n) is 4.87. The van der Waals surface area contributed by atoms with E-state index in [1.165, 1.54) is 37.4 Å². The van der Waals surface area contributed by atoms with Gasteiger partial charge in [0.05, 0.1) is 36.6 Å². The first-order chi connectivity index (χ1) is 15.3. The van der Waals surface area contributed by atoms with Crippen molar-refractivity contribution in [1.82, 2.24) is 0 Å². The number of carboxylic acid groups (broad SMARTS) is 1. The minimum Gasteiger partial charge on any atom is -0.478 e. The first kappa shape index (κ1) is 23.2. The molecule has 0 fully saturated rings. The Morgan fingerprint density at radius 2 is 1.78 bits per heavy atom. The van der Waals surface area contributed by atoms with Gasteiger partial charge in [0.2, 0.25) is 0 Å². The molecule has 1 N–H and O–H groups in total. The van der Waals surface area contributed by atoms with E-state index in [4.69, 9.17) is 16.3 Å². The Balaban J connectivity index is 1.87. The number of hydrazone groups is 1. The number of ether oxygens (including phenoxy) is 2. The van der Waals surface area contributed by atoms with E-state index in [0.29, 0.717) is 27.5 Å². The SMILES string of the molecule is COCC1=NN(c2ccc(Cl)cc2)C(=O)C1CC(=Cc1ccc(C(=O)OC)cc1)C(=O)O. The van der Waals surface area contributed by atoms with Gasteiger partial charge in [-0.05, 0) is 54.5 Å². The molecule has 1 aliphatic heterocycles. The minimum atomic E-state index is -1.16. The van der Waals surface area contributed by atoms with Crippen LogP contribution >= 0.6 is 11.6 Å². The molecule has 1 unspecified atom stereocenters. The molecule has 0 saturated carbocycles. The van der Waals surface area contributed by atoms with Gasteiger partial charge >= 0.3 is 11.9 Å². The lowest BCUT2D eigenvalue weighted by Gasteiger charge is -2.15. The molecular weight excluding hydrogens is 436 g/mol. The number of anilines is 1. The molecule has 9 heteroatoms. The summed E-state index contributed by atoms with van der Waals surface area (Å²) in [6.07, 6.45) is 1.39. The highest BCUT2D eigenvalue weighted by Gasteiger charge is 2.37. The van der Waals surface area contributed by atoms with E-state index in [1.807, 2.05) is 0 Å². The Kier molecular flexibility index (Phi) is 7.40. The van der Waals surface area contributed by atoms with Crippen molar-refractivity contribution in [2.75, 3.05) is 25.8 Å². The molecule has 32 heavy (non-hydrogen) atoms. The van der Waals surface area contributed by atoms with E-state index < -0.39 is 17.9 Å². The molecule has 1 heterocycles. The number of rotatable bonds is 8. The molecule has 0 radical (unpaired) electrons. The van der Waals surface area contributed by atoms with Crippen LogP contribution in [0.1, 0.15) is 22.3 Å². The number of halogens is 1. The van der Waals surface area contributed by atoms with Crippen molar-refractivity contribution in [2.45, 2.75) is 6.42 Å². The number of aliphatic carboxylic acids is 1. The summed E-state index contributed by atoms with van der Waals surface area (Å²) in [7, 11) is 2.76. The Bertz CT molecular complexity index is 1080. The Labute approximate surface area is 189 Å². The van der Waals surface area contributed by atoms with Crippen LogP contribution in [-0.4, -0.2) is 49.5 Å². The largest absolute Gasteiger partial charge is 0.478 e. The maximum atomic E-state index is 13.1. The molecular formula is C23H21ClN2O6. The second-order valence-corrected chi connectivity index (χ2v) is 7.43. The van der Waals surface area contributed by atoms with Crippen molar-refractivity contribution in [1.29, 1.82) is 0 Å². The van der Waals surface area contributed by atoms with E-state index in [1.54, 1.807) is 36.4 Å². The van der Waals surface area contributed by atoms with E-state index in [0.717, 1.165) is 0 Å². The molecule has 1 atom stereocenters. The third kappa shape index (κ3) is 5.22. The number of hydrogen-bond acceptors (Lipinski definition) is 6. The summed E-state index contributed by atoms with van der Waals surface area (Å²) < 4.78 is 9.83. The highest BCUT2D eigenvalue weighted by atomic mass is 35.5. The molecule has 2 aromatic carbocycles. The molecule has 0 spiro atoms. The quantitative estimate of drug-likeness (QED) is 0.480. The van der Waals surface area contributed by atoms with Crippen molar-refractivity contribution in [3.63, 3.8) is 0 Å². The highest BCUT2D eigenvalue weighted by Crippen LogP contribution is 2.29. The molecule has 0 bridgehead atoms. The molecule has 0 aromatic heterocycles. The zero-order valence-corrected chi connectivity index (χ0v) is 18.2. The number of hydrogen-bond donors (Lipinski definition) is 1. The number of benzene rings is 2. The van der Waals surface area contributed by atoms with Crippen LogP contribution in [-0.2, 0) is 19.1 Å². The predicted molar refractivity (Wildman–Crippen MR) is 120 cm³/mol. The van der Waals surface area contributed by atoms with Gasteiger partial charge in [0.15, 0.2) is 0 Å². The van der Waals surface area contributed by atoms with Crippen LogP contribution in [0.3, 0.4) is 0 Å². The topological polar surface area (TPSA) is 106 Å². The number of carbonyl (C=O) groups is 3. The van der Waals surface area contributed by atoms with Crippen molar-refractivity contribution in [2.24, 2.45) is 11.0 Å². The van der Waals surface area contributed by atoms with Crippen molar-refractivity contribution >= 4 is 46.9 Å². The zero-order chi connectivity index (χ0) is 23.3. The molecule has 1 amide bonds. The van der Waals surface area contributed by atoms with Crippen LogP contribution in [0.4, 0.5) is 5.69 Å². The predicted octanol–water partition coefficient (Wildman–Crippen LogP) is 3.65. The molecule has 2 aromatic rings. The summed E-state index contributed by atoms with van der Waals surface area (Å²) in [5.74, 6) is -2.79. The summed E-state index contributed by atoms with van der Waals surface area (Å²) in [5.41, 5.74) is 1.90. The van der Waals surface area contributed by atoms with Crippen LogP contribution < -0.4 is 5.01 Å². The van der Waals surface area contributed by atoms with Gasteiger partial charge in [0.25, 0.3) is 5.91 Å². The first-order valence-electron chi connectivity index (χ1n) is 9.62. The van der Waals surface area contributed by atoms with Gasteiger partial charge in [-0.3, -0.25) is 4.79 Å². The Morgan fingerprint density at radius 1 is 1.12 bits per heavy atom. The summed E-state index contributed by atoms with van der Waals surface area (Å²) in [4.78, 5) is 36.6. The number of carboxylic acids is 1. The van der Waals surface area contributed by atoms with E-state index in [-0.39, 0.29) is 24.5 Å².